The number of rotatable bonds is 2. The Hall–Kier alpha value is -1.23. The van der Waals surface area contributed by atoms with Crippen molar-refractivity contribution in [3.63, 3.8) is 0 Å². The number of aromatic nitrogens is 1. The predicted octanol–water partition coefficient (Wildman–Crippen LogP) is 1.94. The molecule has 1 heterocycles. The maximum atomic E-state index is 11.7. The van der Waals surface area contributed by atoms with Gasteiger partial charge in [0.15, 0.2) is 0 Å². The molecule has 0 fully saturated rings. The van der Waals surface area contributed by atoms with Gasteiger partial charge in [-0.1, -0.05) is 17.7 Å². The number of amides is 1. The second kappa shape index (κ2) is 4.13. The zero-order valence-electron chi connectivity index (χ0n) is 6.30. The fraction of sp³-hybridized carbons (Fsp3) is 0.143. The first-order valence-corrected chi connectivity index (χ1v) is 3.69. The zero-order valence-corrected chi connectivity index (χ0v) is 7.05. The third kappa shape index (κ3) is 2.95. The fourth-order valence-electron chi connectivity index (χ4n) is 0.659. The lowest BCUT2D eigenvalue weighted by molar-refractivity contribution is -0.126. The van der Waals surface area contributed by atoms with Gasteiger partial charge >= 0.3 is 6.43 Å². The van der Waals surface area contributed by atoms with Crippen molar-refractivity contribution in [2.45, 2.75) is 6.43 Å². The van der Waals surface area contributed by atoms with Crippen LogP contribution in [0.25, 0.3) is 0 Å². The van der Waals surface area contributed by atoms with Crippen LogP contribution in [0.4, 0.5) is 14.6 Å². The normalized spacial score (nSPS) is 10.2. The molecule has 0 unspecified atom stereocenters. The first-order valence-electron chi connectivity index (χ1n) is 3.31. The molecular weight excluding hydrogens is 202 g/mol. The van der Waals surface area contributed by atoms with Crippen LogP contribution in [0.2, 0.25) is 5.15 Å². The molecule has 0 saturated heterocycles. The van der Waals surface area contributed by atoms with Crippen molar-refractivity contribution in [1.82, 2.24) is 4.98 Å². The van der Waals surface area contributed by atoms with Gasteiger partial charge in [-0.3, -0.25) is 4.79 Å². The van der Waals surface area contributed by atoms with E-state index in [9.17, 15) is 13.6 Å². The Bertz CT molecular complexity index is 319. The molecule has 0 radical (unpaired) electrons. The SMILES string of the molecule is O=C(Nc1cccc(Cl)n1)C(F)F. The van der Waals surface area contributed by atoms with Gasteiger partial charge in [-0.25, -0.2) is 4.98 Å². The van der Waals surface area contributed by atoms with Gasteiger partial charge in [0, 0.05) is 0 Å². The van der Waals surface area contributed by atoms with Crippen molar-refractivity contribution in [2.75, 3.05) is 5.32 Å². The van der Waals surface area contributed by atoms with Gasteiger partial charge in [0.1, 0.15) is 11.0 Å². The van der Waals surface area contributed by atoms with E-state index < -0.39 is 12.3 Å². The van der Waals surface area contributed by atoms with Crippen molar-refractivity contribution in [3.05, 3.63) is 23.4 Å². The molecule has 0 aliphatic carbocycles. The van der Waals surface area contributed by atoms with Crippen molar-refractivity contribution in [3.8, 4) is 0 Å². The van der Waals surface area contributed by atoms with Gasteiger partial charge in [-0.05, 0) is 12.1 Å². The number of pyridine rings is 1. The quantitative estimate of drug-likeness (QED) is 0.752. The molecule has 0 atom stereocenters. The minimum absolute atomic E-state index is 0.0119. The molecule has 1 amide bonds. The molecule has 13 heavy (non-hydrogen) atoms. The summed E-state index contributed by atoms with van der Waals surface area (Å²) >= 11 is 5.46. The lowest BCUT2D eigenvalue weighted by Crippen LogP contribution is -2.20. The third-order valence-electron chi connectivity index (χ3n) is 1.16. The van der Waals surface area contributed by atoms with Crippen LogP contribution in [0.3, 0.4) is 0 Å². The van der Waals surface area contributed by atoms with Crippen LogP contribution in [0.1, 0.15) is 0 Å². The van der Waals surface area contributed by atoms with E-state index in [0.717, 1.165) is 0 Å². The van der Waals surface area contributed by atoms with Crippen molar-refractivity contribution < 1.29 is 13.6 Å². The summed E-state index contributed by atoms with van der Waals surface area (Å²) in [5.74, 6) is -1.38. The highest BCUT2D eigenvalue weighted by Crippen LogP contribution is 2.09. The standard InChI is InChI=1S/C7H5ClF2N2O/c8-4-2-1-3-5(11-4)12-7(13)6(9)10/h1-3,6H,(H,11,12,13). The second-order valence-electron chi connectivity index (χ2n) is 2.14. The minimum Gasteiger partial charge on any atom is -0.306 e. The largest absolute Gasteiger partial charge is 0.315 e. The molecule has 0 aromatic carbocycles. The van der Waals surface area contributed by atoms with E-state index in [0.29, 0.717) is 0 Å². The van der Waals surface area contributed by atoms with Crippen LogP contribution >= 0.6 is 11.6 Å². The molecule has 0 aliphatic rings. The highest BCUT2D eigenvalue weighted by atomic mass is 35.5. The molecule has 1 N–H and O–H groups in total. The van der Waals surface area contributed by atoms with Crippen LogP contribution < -0.4 is 5.32 Å². The van der Waals surface area contributed by atoms with Gasteiger partial charge in [0.05, 0.1) is 0 Å². The number of hydrogen-bond donors (Lipinski definition) is 1. The van der Waals surface area contributed by atoms with Gasteiger partial charge in [0.25, 0.3) is 5.91 Å². The van der Waals surface area contributed by atoms with Gasteiger partial charge in [-0.15, -0.1) is 0 Å². The summed E-state index contributed by atoms with van der Waals surface area (Å²) in [5, 5.41) is 2.03. The topological polar surface area (TPSA) is 42.0 Å². The number of hydrogen-bond acceptors (Lipinski definition) is 2. The first-order chi connectivity index (χ1) is 6.09. The van der Waals surface area contributed by atoms with E-state index in [-0.39, 0.29) is 11.0 Å². The summed E-state index contributed by atoms with van der Waals surface area (Å²) in [7, 11) is 0. The van der Waals surface area contributed by atoms with Crippen LogP contribution in [-0.2, 0) is 4.79 Å². The molecule has 0 spiro atoms. The predicted molar refractivity (Wildman–Crippen MR) is 43.9 cm³/mol. The average Bonchev–Trinajstić information content (AvgIpc) is 2.04. The fourth-order valence-corrected chi connectivity index (χ4v) is 0.822. The van der Waals surface area contributed by atoms with Gasteiger partial charge in [0.2, 0.25) is 0 Å². The number of nitrogens with one attached hydrogen (secondary N) is 1. The minimum atomic E-state index is -3.05. The van der Waals surface area contributed by atoms with E-state index in [1.54, 1.807) is 0 Å². The number of carbonyl (C=O) groups excluding carboxylic acids is 1. The van der Waals surface area contributed by atoms with Crippen molar-refractivity contribution in [1.29, 1.82) is 0 Å². The maximum Gasteiger partial charge on any atom is 0.315 e. The Morgan fingerprint density at radius 2 is 2.23 bits per heavy atom. The molecule has 1 aromatic rings. The lowest BCUT2D eigenvalue weighted by Gasteiger charge is -2.02. The number of halogens is 3. The summed E-state index contributed by atoms with van der Waals surface area (Å²) < 4.78 is 23.5. The molecule has 6 heteroatoms. The smallest absolute Gasteiger partial charge is 0.306 e. The van der Waals surface area contributed by atoms with Crippen LogP contribution in [0.15, 0.2) is 18.2 Å². The van der Waals surface area contributed by atoms with Gasteiger partial charge < -0.3 is 5.32 Å². The molecule has 70 valence electrons. The Kier molecular flexibility index (Phi) is 3.13. The summed E-state index contributed by atoms with van der Waals surface area (Å²) in [4.78, 5) is 14.1. The summed E-state index contributed by atoms with van der Waals surface area (Å²) in [6.45, 7) is 0. The average molecular weight is 207 g/mol. The van der Waals surface area contributed by atoms with Crippen LogP contribution in [0.5, 0.6) is 0 Å². The number of anilines is 1. The highest BCUT2D eigenvalue weighted by Gasteiger charge is 2.15. The van der Waals surface area contributed by atoms with Crippen molar-refractivity contribution in [2.24, 2.45) is 0 Å². The Morgan fingerprint density at radius 3 is 2.77 bits per heavy atom. The lowest BCUT2D eigenvalue weighted by atomic mass is 10.4. The Labute approximate surface area is 77.7 Å². The number of alkyl halides is 2. The monoisotopic (exact) mass is 206 g/mol. The first kappa shape index (κ1) is 9.85. The van der Waals surface area contributed by atoms with E-state index in [1.165, 1.54) is 18.2 Å². The number of carbonyl (C=O) groups is 1. The van der Waals surface area contributed by atoms with E-state index in [4.69, 9.17) is 11.6 Å². The van der Waals surface area contributed by atoms with Crippen LogP contribution in [-0.4, -0.2) is 17.3 Å². The molecule has 0 aliphatic heterocycles. The second-order valence-corrected chi connectivity index (χ2v) is 2.52. The van der Waals surface area contributed by atoms with Crippen molar-refractivity contribution >= 4 is 23.3 Å². The molecular formula is C7H5ClF2N2O. The maximum absolute atomic E-state index is 11.7. The van der Waals surface area contributed by atoms with E-state index in [2.05, 4.69) is 4.98 Å². The molecule has 3 nitrogen and oxygen atoms in total. The molecule has 0 saturated carbocycles. The van der Waals surface area contributed by atoms with E-state index in [1.807, 2.05) is 5.32 Å². The summed E-state index contributed by atoms with van der Waals surface area (Å²) in [5.41, 5.74) is 0. The molecule has 0 bridgehead atoms. The molecule has 1 rings (SSSR count). The summed E-state index contributed by atoms with van der Waals surface area (Å²) in [6.07, 6.45) is -3.05. The number of nitrogens with zero attached hydrogens (tertiary/aromatic N) is 1. The zero-order chi connectivity index (χ0) is 9.84. The van der Waals surface area contributed by atoms with Crippen LogP contribution in [0, 0.1) is 0 Å². The summed E-state index contributed by atoms with van der Waals surface area (Å²) in [6, 6.07) is 4.34. The Morgan fingerprint density at radius 1 is 1.54 bits per heavy atom. The molecule has 1 aromatic heterocycles. The van der Waals surface area contributed by atoms with E-state index >= 15 is 0 Å². The highest BCUT2D eigenvalue weighted by molar-refractivity contribution is 6.29. The third-order valence-corrected chi connectivity index (χ3v) is 1.38. The Balaban J connectivity index is 2.69. The van der Waals surface area contributed by atoms with Gasteiger partial charge in [-0.2, -0.15) is 8.78 Å².